The van der Waals surface area contributed by atoms with Gasteiger partial charge in [-0.3, -0.25) is 4.79 Å². The van der Waals surface area contributed by atoms with Crippen LogP contribution in [0.15, 0.2) is 72.2 Å². The summed E-state index contributed by atoms with van der Waals surface area (Å²) >= 11 is 0. The van der Waals surface area contributed by atoms with Crippen LogP contribution in [0.4, 0.5) is 0 Å². The van der Waals surface area contributed by atoms with Gasteiger partial charge >= 0.3 is 0 Å². The molecule has 0 bridgehead atoms. The van der Waals surface area contributed by atoms with Crippen LogP contribution >= 0.6 is 0 Å². The average molecular weight is 297 g/mol. The highest BCUT2D eigenvalue weighted by molar-refractivity contribution is 6.00. The van der Waals surface area contributed by atoms with Crippen molar-refractivity contribution in [2.45, 2.75) is 20.3 Å². The van der Waals surface area contributed by atoms with Gasteiger partial charge in [-0.2, -0.15) is 0 Å². The Hall–Kier alpha value is -2.55. The van der Waals surface area contributed by atoms with Crippen LogP contribution < -0.4 is 5.32 Å². The number of hydrogen-bond acceptors (Lipinski definition) is 3. The summed E-state index contributed by atoms with van der Waals surface area (Å²) in [5, 5.41) is 12.8. The van der Waals surface area contributed by atoms with E-state index in [4.69, 9.17) is 0 Å². The van der Waals surface area contributed by atoms with Gasteiger partial charge in [-0.25, -0.2) is 0 Å². The molecule has 0 aliphatic heterocycles. The van der Waals surface area contributed by atoms with Gasteiger partial charge in [-0.05, 0) is 25.0 Å². The van der Waals surface area contributed by atoms with E-state index in [0.717, 1.165) is 24.2 Å². The Balaban J connectivity index is 2.52. The fourth-order valence-electron chi connectivity index (χ4n) is 1.71. The van der Waals surface area contributed by atoms with E-state index in [9.17, 15) is 9.90 Å². The average Bonchev–Trinajstić information content (AvgIpc) is 2.50. The maximum Gasteiger partial charge on any atom is 0.184 e. The molecule has 0 saturated heterocycles. The summed E-state index contributed by atoms with van der Waals surface area (Å²) in [6.07, 6.45) is 10.6. The molecule has 0 atom stereocenters. The maximum absolute atomic E-state index is 11.7. The SMILES string of the molecule is CCCN/C(C)=C/C(=O)/C=C(O)/C=C/C=C/c1ccccc1. The predicted molar refractivity (Wildman–Crippen MR) is 92.4 cm³/mol. The van der Waals surface area contributed by atoms with E-state index >= 15 is 0 Å². The first-order valence-corrected chi connectivity index (χ1v) is 7.38. The van der Waals surface area contributed by atoms with Gasteiger partial charge in [0.25, 0.3) is 0 Å². The quantitative estimate of drug-likeness (QED) is 0.430. The molecule has 1 rings (SSSR count). The summed E-state index contributed by atoms with van der Waals surface area (Å²) in [5.74, 6) is -0.308. The van der Waals surface area contributed by atoms with Crippen molar-refractivity contribution in [1.82, 2.24) is 5.32 Å². The second-order valence-corrected chi connectivity index (χ2v) is 4.85. The molecule has 1 aromatic carbocycles. The van der Waals surface area contributed by atoms with Crippen molar-refractivity contribution in [3.63, 3.8) is 0 Å². The van der Waals surface area contributed by atoms with E-state index in [1.807, 2.05) is 49.4 Å². The van der Waals surface area contributed by atoms with Gasteiger partial charge in [0.2, 0.25) is 0 Å². The number of nitrogens with one attached hydrogen (secondary N) is 1. The molecule has 0 saturated carbocycles. The predicted octanol–water partition coefficient (Wildman–Crippen LogP) is 4.17. The van der Waals surface area contributed by atoms with E-state index in [1.54, 1.807) is 6.08 Å². The molecule has 116 valence electrons. The molecule has 0 spiro atoms. The summed E-state index contributed by atoms with van der Waals surface area (Å²) < 4.78 is 0. The van der Waals surface area contributed by atoms with Crippen LogP contribution in [0, 0.1) is 0 Å². The van der Waals surface area contributed by atoms with Crippen molar-refractivity contribution in [3.05, 3.63) is 77.7 Å². The van der Waals surface area contributed by atoms with Gasteiger partial charge in [0.05, 0.1) is 0 Å². The van der Waals surface area contributed by atoms with Crippen LogP contribution in [0.1, 0.15) is 25.8 Å². The number of allylic oxidation sites excluding steroid dienone is 6. The number of aliphatic hydroxyl groups is 1. The van der Waals surface area contributed by atoms with Gasteiger partial charge in [0.1, 0.15) is 5.76 Å². The first-order valence-electron chi connectivity index (χ1n) is 7.38. The third-order valence-electron chi connectivity index (χ3n) is 2.77. The molecule has 3 nitrogen and oxygen atoms in total. The molecule has 0 amide bonds. The summed E-state index contributed by atoms with van der Waals surface area (Å²) in [7, 11) is 0. The Bertz CT molecular complexity index is 581. The van der Waals surface area contributed by atoms with Gasteiger partial charge in [-0.1, -0.05) is 55.5 Å². The number of carbonyl (C=O) groups excluding carboxylic acids is 1. The Kier molecular flexibility index (Phi) is 8.13. The van der Waals surface area contributed by atoms with Crippen molar-refractivity contribution >= 4 is 11.9 Å². The van der Waals surface area contributed by atoms with Crippen molar-refractivity contribution < 1.29 is 9.90 Å². The van der Waals surface area contributed by atoms with Crippen molar-refractivity contribution in [3.8, 4) is 0 Å². The van der Waals surface area contributed by atoms with Gasteiger partial charge in [-0.15, -0.1) is 0 Å². The largest absolute Gasteiger partial charge is 0.508 e. The van der Waals surface area contributed by atoms with Crippen LogP contribution in [-0.2, 0) is 4.79 Å². The molecule has 0 aliphatic rings. The fourth-order valence-corrected chi connectivity index (χ4v) is 1.71. The molecular weight excluding hydrogens is 274 g/mol. The molecule has 3 heteroatoms. The maximum atomic E-state index is 11.7. The normalized spacial score (nSPS) is 13.0. The Morgan fingerprint density at radius 1 is 1.18 bits per heavy atom. The third kappa shape index (κ3) is 7.90. The number of hydrogen-bond donors (Lipinski definition) is 2. The molecule has 0 unspecified atom stereocenters. The zero-order chi connectivity index (χ0) is 16.2. The minimum Gasteiger partial charge on any atom is -0.508 e. The third-order valence-corrected chi connectivity index (χ3v) is 2.77. The monoisotopic (exact) mass is 297 g/mol. The second kappa shape index (κ2) is 10.2. The van der Waals surface area contributed by atoms with Crippen LogP contribution in [0.25, 0.3) is 6.08 Å². The molecule has 1 aromatic rings. The van der Waals surface area contributed by atoms with Gasteiger partial charge in [0.15, 0.2) is 5.78 Å². The lowest BCUT2D eigenvalue weighted by atomic mass is 10.2. The Morgan fingerprint density at radius 2 is 1.91 bits per heavy atom. The highest BCUT2D eigenvalue weighted by Crippen LogP contribution is 2.02. The molecule has 0 fully saturated rings. The number of rotatable bonds is 8. The zero-order valence-electron chi connectivity index (χ0n) is 13.1. The van der Waals surface area contributed by atoms with Gasteiger partial charge < -0.3 is 10.4 Å². The zero-order valence-corrected chi connectivity index (χ0v) is 13.1. The van der Waals surface area contributed by atoms with E-state index in [2.05, 4.69) is 12.2 Å². The Labute approximate surface area is 132 Å². The van der Waals surface area contributed by atoms with Gasteiger partial charge in [0, 0.05) is 24.4 Å². The van der Waals surface area contributed by atoms with Crippen LogP contribution in [-0.4, -0.2) is 17.4 Å². The molecule has 0 aromatic heterocycles. The molecule has 0 aliphatic carbocycles. The summed E-state index contributed by atoms with van der Waals surface area (Å²) in [6, 6.07) is 9.85. The number of benzene rings is 1. The molecule has 0 heterocycles. The standard InChI is InChI=1S/C19H23NO2/c1-3-13-20-16(2)14-19(22)15-18(21)12-8-7-11-17-9-5-4-6-10-17/h4-12,14-15,20-21H,3,13H2,1-2H3/b11-7+,12-8+,16-14+,18-15-. The smallest absolute Gasteiger partial charge is 0.184 e. The molecule has 2 N–H and O–H groups in total. The van der Waals surface area contributed by atoms with Crippen LogP contribution in [0.5, 0.6) is 0 Å². The number of aliphatic hydroxyl groups excluding tert-OH is 1. The molecule has 0 radical (unpaired) electrons. The summed E-state index contributed by atoms with van der Waals surface area (Å²) in [6.45, 7) is 4.72. The van der Waals surface area contributed by atoms with Crippen molar-refractivity contribution in [1.29, 1.82) is 0 Å². The summed E-state index contributed by atoms with van der Waals surface area (Å²) in [4.78, 5) is 11.7. The van der Waals surface area contributed by atoms with E-state index in [-0.39, 0.29) is 11.5 Å². The van der Waals surface area contributed by atoms with Crippen molar-refractivity contribution in [2.75, 3.05) is 6.54 Å². The number of ketones is 1. The summed E-state index contributed by atoms with van der Waals surface area (Å²) in [5.41, 5.74) is 1.87. The Morgan fingerprint density at radius 3 is 2.59 bits per heavy atom. The van der Waals surface area contributed by atoms with Crippen molar-refractivity contribution in [2.24, 2.45) is 0 Å². The van der Waals surface area contributed by atoms with E-state index in [0.29, 0.717) is 0 Å². The van der Waals surface area contributed by atoms with E-state index in [1.165, 1.54) is 18.2 Å². The lowest BCUT2D eigenvalue weighted by Gasteiger charge is -2.02. The molecular formula is C19H23NO2. The topological polar surface area (TPSA) is 49.3 Å². The second-order valence-electron chi connectivity index (χ2n) is 4.85. The highest BCUT2D eigenvalue weighted by atomic mass is 16.3. The minimum atomic E-state index is -0.240. The highest BCUT2D eigenvalue weighted by Gasteiger charge is 1.96. The first kappa shape index (κ1) is 17.5. The lowest BCUT2D eigenvalue weighted by molar-refractivity contribution is -0.110. The van der Waals surface area contributed by atoms with Crippen LogP contribution in [0.2, 0.25) is 0 Å². The van der Waals surface area contributed by atoms with E-state index < -0.39 is 0 Å². The first-order chi connectivity index (χ1) is 10.6. The van der Waals surface area contributed by atoms with Crippen LogP contribution in [0.3, 0.4) is 0 Å². The number of carbonyl (C=O) groups is 1. The minimum absolute atomic E-state index is 0.0674. The molecule has 22 heavy (non-hydrogen) atoms. The fraction of sp³-hybridized carbons (Fsp3) is 0.211. The lowest BCUT2D eigenvalue weighted by Crippen LogP contribution is -2.12.